The maximum Gasteiger partial charge on any atom is 0.304 e. The van der Waals surface area contributed by atoms with Gasteiger partial charge in [-0.1, -0.05) is 6.08 Å². The fraction of sp³-hybridized carbons (Fsp3) is 0.571. The molecule has 0 saturated carbocycles. The Balaban J connectivity index is 3.19. The highest BCUT2D eigenvalue weighted by atomic mass is 16.4. The molecule has 2 N–H and O–H groups in total. The van der Waals surface area contributed by atoms with Crippen LogP contribution in [0.5, 0.6) is 0 Å². The molecule has 1 atom stereocenters. The summed E-state index contributed by atoms with van der Waals surface area (Å²) in [6, 6.07) is 0.194. The van der Waals surface area contributed by atoms with E-state index in [4.69, 9.17) is 5.11 Å². The summed E-state index contributed by atoms with van der Waals surface area (Å²) in [5, 5.41) is 11.2. The molecule has 0 aromatic heterocycles. The van der Waals surface area contributed by atoms with Gasteiger partial charge >= 0.3 is 5.97 Å². The molecule has 0 rings (SSSR count). The zero-order valence-corrected chi connectivity index (χ0v) is 6.13. The van der Waals surface area contributed by atoms with Gasteiger partial charge in [0.15, 0.2) is 0 Å². The molecule has 0 radical (unpaired) electrons. The fourth-order valence-corrected chi connectivity index (χ4v) is 0.490. The number of carbonyl (C=O) groups is 1. The van der Waals surface area contributed by atoms with Gasteiger partial charge in [-0.2, -0.15) is 0 Å². The third kappa shape index (κ3) is 5.31. The van der Waals surface area contributed by atoms with Crippen LogP contribution in [-0.2, 0) is 4.79 Å². The van der Waals surface area contributed by atoms with Gasteiger partial charge in [-0.3, -0.25) is 4.79 Å². The van der Waals surface area contributed by atoms with Crippen molar-refractivity contribution in [3.8, 4) is 0 Å². The second-order valence-electron chi connectivity index (χ2n) is 2.12. The van der Waals surface area contributed by atoms with E-state index in [2.05, 4.69) is 11.9 Å². The van der Waals surface area contributed by atoms with Gasteiger partial charge in [0.25, 0.3) is 0 Å². The maximum atomic E-state index is 10.0. The van der Waals surface area contributed by atoms with E-state index in [-0.39, 0.29) is 12.5 Å². The molecule has 1 unspecified atom stereocenters. The Hall–Kier alpha value is -0.830. The van der Waals surface area contributed by atoms with Crippen LogP contribution >= 0.6 is 0 Å². The van der Waals surface area contributed by atoms with Crippen LogP contribution in [0.1, 0.15) is 13.3 Å². The van der Waals surface area contributed by atoms with Crippen LogP contribution in [0, 0.1) is 0 Å². The van der Waals surface area contributed by atoms with Gasteiger partial charge in [0.2, 0.25) is 0 Å². The van der Waals surface area contributed by atoms with Crippen LogP contribution in [0.4, 0.5) is 0 Å². The third-order valence-electron chi connectivity index (χ3n) is 1.16. The summed E-state index contributed by atoms with van der Waals surface area (Å²) >= 11 is 0. The Morgan fingerprint density at radius 1 is 1.90 bits per heavy atom. The number of carboxylic acid groups (broad SMARTS) is 1. The Morgan fingerprint density at radius 3 is 2.90 bits per heavy atom. The first-order valence-corrected chi connectivity index (χ1v) is 3.24. The van der Waals surface area contributed by atoms with Crippen molar-refractivity contribution in [2.75, 3.05) is 6.54 Å². The molecular formula is C7H13NO2. The number of hydrogen-bond donors (Lipinski definition) is 2. The van der Waals surface area contributed by atoms with E-state index in [1.807, 2.05) is 6.92 Å². The first-order valence-electron chi connectivity index (χ1n) is 3.24. The summed E-state index contributed by atoms with van der Waals surface area (Å²) in [7, 11) is 0. The molecule has 0 heterocycles. The van der Waals surface area contributed by atoms with Crippen LogP contribution in [0.25, 0.3) is 0 Å². The van der Waals surface area contributed by atoms with E-state index in [0.29, 0.717) is 6.54 Å². The van der Waals surface area contributed by atoms with Gasteiger partial charge in [0.1, 0.15) is 0 Å². The number of carboxylic acids is 1. The Kier molecular flexibility index (Phi) is 4.58. The monoisotopic (exact) mass is 143 g/mol. The van der Waals surface area contributed by atoms with E-state index in [1.165, 1.54) is 0 Å². The minimum absolute atomic E-state index is 0.165. The quantitative estimate of drug-likeness (QED) is 0.555. The van der Waals surface area contributed by atoms with E-state index in [0.717, 1.165) is 0 Å². The third-order valence-corrected chi connectivity index (χ3v) is 1.16. The largest absolute Gasteiger partial charge is 0.481 e. The second-order valence-corrected chi connectivity index (χ2v) is 2.12. The lowest BCUT2D eigenvalue weighted by Crippen LogP contribution is -2.26. The van der Waals surface area contributed by atoms with Gasteiger partial charge in [0, 0.05) is 12.6 Å². The van der Waals surface area contributed by atoms with Gasteiger partial charge in [-0.15, -0.1) is 6.58 Å². The summed E-state index contributed by atoms with van der Waals surface area (Å²) in [6.45, 7) is 5.98. The number of rotatable bonds is 5. The molecule has 0 spiro atoms. The van der Waals surface area contributed by atoms with E-state index < -0.39 is 5.97 Å². The lowest BCUT2D eigenvalue weighted by Gasteiger charge is -2.05. The summed E-state index contributed by atoms with van der Waals surface area (Å²) in [6.07, 6.45) is 1.90. The average Bonchev–Trinajstić information content (AvgIpc) is 1.87. The topological polar surface area (TPSA) is 49.3 Å². The van der Waals surface area contributed by atoms with E-state index in [9.17, 15) is 4.79 Å². The molecular weight excluding hydrogens is 130 g/mol. The predicted molar refractivity (Wildman–Crippen MR) is 39.9 cm³/mol. The van der Waals surface area contributed by atoms with Crippen molar-refractivity contribution in [2.45, 2.75) is 19.4 Å². The Morgan fingerprint density at radius 2 is 2.50 bits per heavy atom. The predicted octanol–water partition coefficient (Wildman–Crippen LogP) is 0.625. The van der Waals surface area contributed by atoms with Crippen molar-refractivity contribution >= 4 is 5.97 Å². The van der Waals surface area contributed by atoms with Gasteiger partial charge in [-0.05, 0) is 6.92 Å². The highest BCUT2D eigenvalue weighted by Crippen LogP contribution is 1.82. The first-order chi connectivity index (χ1) is 4.66. The zero-order chi connectivity index (χ0) is 7.98. The average molecular weight is 143 g/mol. The molecule has 0 bridgehead atoms. The van der Waals surface area contributed by atoms with Crippen molar-refractivity contribution in [2.24, 2.45) is 0 Å². The molecule has 10 heavy (non-hydrogen) atoms. The lowest BCUT2D eigenvalue weighted by molar-refractivity contribution is -0.136. The maximum absolute atomic E-state index is 10.0. The van der Waals surface area contributed by atoms with Crippen molar-refractivity contribution in [3.63, 3.8) is 0 Å². The first kappa shape index (κ1) is 9.17. The van der Waals surface area contributed by atoms with Crippen molar-refractivity contribution in [3.05, 3.63) is 12.7 Å². The van der Waals surface area contributed by atoms with Crippen molar-refractivity contribution < 1.29 is 9.90 Å². The molecule has 3 nitrogen and oxygen atoms in total. The molecule has 0 amide bonds. The van der Waals surface area contributed by atoms with Crippen LogP contribution in [0.15, 0.2) is 12.7 Å². The normalized spacial score (nSPS) is 12.5. The minimum atomic E-state index is -0.774. The van der Waals surface area contributed by atoms with Gasteiger partial charge < -0.3 is 10.4 Å². The molecule has 0 aromatic rings. The van der Waals surface area contributed by atoms with Crippen LogP contribution in [0.2, 0.25) is 0 Å². The molecule has 0 aliphatic rings. The van der Waals surface area contributed by atoms with Crippen LogP contribution < -0.4 is 5.32 Å². The SMILES string of the molecule is C=CC(C)NCCC(=O)O. The number of nitrogens with one attached hydrogen (secondary N) is 1. The van der Waals surface area contributed by atoms with Gasteiger partial charge in [0.05, 0.1) is 6.42 Å². The molecule has 0 aliphatic heterocycles. The summed E-state index contributed by atoms with van der Waals surface area (Å²) < 4.78 is 0. The van der Waals surface area contributed by atoms with Crippen molar-refractivity contribution in [1.82, 2.24) is 5.32 Å². The molecule has 0 aliphatic carbocycles. The standard InChI is InChI=1S/C7H13NO2/c1-3-6(2)8-5-4-7(9)10/h3,6,8H,1,4-5H2,2H3,(H,9,10). The van der Waals surface area contributed by atoms with E-state index >= 15 is 0 Å². The molecule has 3 heteroatoms. The number of hydrogen-bond acceptors (Lipinski definition) is 2. The highest BCUT2D eigenvalue weighted by Gasteiger charge is 1.97. The Labute approximate surface area is 60.7 Å². The fourth-order valence-electron chi connectivity index (χ4n) is 0.490. The second kappa shape index (κ2) is 4.99. The van der Waals surface area contributed by atoms with Crippen LogP contribution in [0.3, 0.4) is 0 Å². The van der Waals surface area contributed by atoms with Crippen LogP contribution in [-0.4, -0.2) is 23.7 Å². The summed E-state index contributed by atoms with van der Waals surface area (Å²) in [4.78, 5) is 10.0. The minimum Gasteiger partial charge on any atom is -0.481 e. The Bertz CT molecular complexity index is 123. The van der Waals surface area contributed by atoms with Gasteiger partial charge in [-0.25, -0.2) is 0 Å². The van der Waals surface area contributed by atoms with Crippen molar-refractivity contribution in [1.29, 1.82) is 0 Å². The lowest BCUT2D eigenvalue weighted by atomic mass is 10.3. The smallest absolute Gasteiger partial charge is 0.304 e. The zero-order valence-electron chi connectivity index (χ0n) is 6.13. The molecule has 58 valence electrons. The van der Waals surface area contributed by atoms with E-state index in [1.54, 1.807) is 6.08 Å². The highest BCUT2D eigenvalue weighted by molar-refractivity contribution is 5.66. The number of aliphatic carboxylic acids is 1. The summed E-state index contributed by atoms with van der Waals surface area (Å²) in [5.41, 5.74) is 0. The molecule has 0 fully saturated rings. The molecule has 0 aromatic carbocycles. The molecule has 0 saturated heterocycles. The summed E-state index contributed by atoms with van der Waals surface area (Å²) in [5.74, 6) is -0.774.